The quantitative estimate of drug-likeness (QED) is 0.713. The van der Waals surface area contributed by atoms with E-state index in [2.05, 4.69) is 6.58 Å². The standard InChI is InChI=1S/C19H31N3O4/c1-6-15(23)20(7-2)12-16(24)22-13-19(14-22)8-10-21(11-9-19)17(25)26-18(3,4)5/h6H,1,7-14H2,2-5H3. The molecule has 1 spiro atoms. The molecule has 7 nitrogen and oxygen atoms in total. The van der Waals surface area contributed by atoms with Crippen LogP contribution in [0.3, 0.4) is 0 Å². The molecular weight excluding hydrogens is 334 g/mol. The number of likely N-dealkylation sites (N-methyl/N-ethyl adjacent to an activating group) is 1. The smallest absolute Gasteiger partial charge is 0.410 e. The molecule has 3 amide bonds. The Balaban J connectivity index is 1.79. The van der Waals surface area contributed by atoms with Gasteiger partial charge in [0.1, 0.15) is 5.60 Å². The second kappa shape index (κ2) is 7.68. The highest BCUT2D eigenvalue weighted by molar-refractivity contribution is 5.91. The summed E-state index contributed by atoms with van der Waals surface area (Å²) < 4.78 is 5.42. The minimum absolute atomic E-state index is 0.0257. The van der Waals surface area contributed by atoms with E-state index in [1.165, 1.54) is 11.0 Å². The fourth-order valence-electron chi connectivity index (χ4n) is 3.48. The van der Waals surface area contributed by atoms with E-state index >= 15 is 0 Å². The Bertz CT molecular complexity index is 566. The van der Waals surface area contributed by atoms with Gasteiger partial charge in [-0.3, -0.25) is 9.59 Å². The summed E-state index contributed by atoms with van der Waals surface area (Å²) in [5.74, 6) is -0.246. The summed E-state index contributed by atoms with van der Waals surface area (Å²) in [5.41, 5.74) is -0.381. The Labute approximate surface area is 155 Å². The Morgan fingerprint density at radius 2 is 1.73 bits per heavy atom. The Kier molecular flexibility index (Phi) is 5.98. The predicted molar refractivity (Wildman–Crippen MR) is 98.5 cm³/mol. The molecule has 0 atom stereocenters. The lowest BCUT2D eigenvalue weighted by molar-refractivity contribution is -0.150. The third-order valence-corrected chi connectivity index (χ3v) is 5.08. The van der Waals surface area contributed by atoms with Gasteiger partial charge in [0.15, 0.2) is 0 Å². The molecule has 0 aromatic carbocycles. The molecule has 0 aromatic rings. The van der Waals surface area contributed by atoms with E-state index in [4.69, 9.17) is 4.74 Å². The van der Waals surface area contributed by atoms with Crippen molar-refractivity contribution in [2.45, 2.75) is 46.1 Å². The molecular formula is C19H31N3O4. The van der Waals surface area contributed by atoms with Gasteiger partial charge in [0.25, 0.3) is 0 Å². The van der Waals surface area contributed by atoms with Crippen molar-refractivity contribution >= 4 is 17.9 Å². The van der Waals surface area contributed by atoms with E-state index in [9.17, 15) is 14.4 Å². The molecule has 7 heteroatoms. The Morgan fingerprint density at radius 1 is 1.15 bits per heavy atom. The van der Waals surface area contributed by atoms with Gasteiger partial charge in [0, 0.05) is 38.1 Å². The summed E-state index contributed by atoms with van der Waals surface area (Å²) in [6.07, 6.45) is 2.72. The van der Waals surface area contributed by atoms with Gasteiger partial charge in [-0.25, -0.2) is 4.79 Å². The van der Waals surface area contributed by atoms with Gasteiger partial charge in [-0.1, -0.05) is 6.58 Å². The second-order valence-corrected chi connectivity index (χ2v) is 8.27. The van der Waals surface area contributed by atoms with Crippen LogP contribution < -0.4 is 0 Å². The van der Waals surface area contributed by atoms with Crippen LogP contribution in [-0.4, -0.2) is 77.5 Å². The van der Waals surface area contributed by atoms with Gasteiger partial charge >= 0.3 is 6.09 Å². The van der Waals surface area contributed by atoms with Crippen LogP contribution in [0.25, 0.3) is 0 Å². The van der Waals surface area contributed by atoms with Crippen molar-refractivity contribution < 1.29 is 19.1 Å². The van der Waals surface area contributed by atoms with E-state index in [0.29, 0.717) is 32.7 Å². The van der Waals surface area contributed by atoms with Gasteiger partial charge in [-0.05, 0) is 46.6 Å². The van der Waals surface area contributed by atoms with Crippen molar-refractivity contribution in [2.75, 3.05) is 39.3 Å². The lowest BCUT2D eigenvalue weighted by atomic mass is 9.72. The van der Waals surface area contributed by atoms with Crippen molar-refractivity contribution in [3.63, 3.8) is 0 Å². The van der Waals surface area contributed by atoms with Gasteiger partial charge in [-0.15, -0.1) is 0 Å². The molecule has 2 rings (SSSR count). The van der Waals surface area contributed by atoms with Crippen LogP contribution in [0.4, 0.5) is 4.79 Å². The molecule has 0 unspecified atom stereocenters. The fraction of sp³-hybridized carbons (Fsp3) is 0.737. The minimum Gasteiger partial charge on any atom is -0.444 e. The van der Waals surface area contributed by atoms with Crippen LogP contribution in [0, 0.1) is 5.41 Å². The highest BCUT2D eigenvalue weighted by Gasteiger charge is 2.47. The number of amides is 3. The highest BCUT2D eigenvalue weighted by Crippen LogP contribution is 2.40. The van der Waals surface area contributed by atoms with Crippen LogP contribution in [0.15, 0.2) is 12.7 Å². The number of hydrogen-bond donors (Lipinski definition) is 0. The molecule has 0 N–H and O–H groups in total. The molecule has 146 valence electrons. The Hall–Kier alpha value is -2.05. The maximum atomic E-state index is 12.4. The maximum Gasteiger partial charge on any atom is 0.410 e. The predicted octanol–water partition coefficient (Wildman–Crippen LogP) is 1.88. The van der Waals surface area contributed by atoms with E-state index < -0.39 is 5.60 Å². The van der Waals surface area contributed by atoms with Crippen molar-refractivity contribution in [1.29, 1.82) is 0 Å². The number of carbonyl (C=O) groups is 3. The zero-order valence-corrected chi connectivity index (χ0v) is 16.4. The zero-order valence-electron chi connectivity index (χ0n) is 16.4. The number of ether oxygens (including phenoxy) is 1. The molecule has 26 heavy (non-hydrogen) atoms. The van der Waals surface area contributed by atoms with E-state index in [1.54, 1.807) is 4.90 Å². The molecule has 0 bridgehead atoms. The van der Waals surface area contributed by atoms with Crippen molar-refractivity contribution in [3.8, 4) is 0 Å². The molecule has 2 aliphatic rings. The summed E-state index contributed by atoms with van der Waals surface area (Å²) in [6, 6.07) is 0. The third-order valence-electron chi connectivity index (χ3n) is 5.08. The first-order valence-electron chi connectivity index (χ1n) is 9.26. The maximum absolute atomic E-state index is 12.4. The Morgan fingerprint density at radius 3 is 2.19 bits per heavy atom. The minimum atomic E-state index is -0.486. The molecule has 0 aromatic heterocycles. The van der Waals surface area contributed by atoms with E-state index in [-0.39, 0.29) is 29.9 Å². The lowest BCUT2D eigenvalue weighted by Crippen LogP contribution is -2.63. The van der Waals surface area contributed by atoms with Crippen LogP contribution in [0.2, 0.25) is 0 Å². The summed E-state index contributed by atoms with van der Waals surface area (Å²) >= 11 is 0. The normalized spacial score (nSPS) is 18.9. The van der Waals surface area contributed by atoms with E-state index in [1.807, 2.05) is 32.6 Å². The number of likely N-dealkylation sites (tertiary alicyclic amines) is 2. The summed E-state index contributed by atoms with van der Waals surface area (Å²) in [4.78, 5) is 41.3. The first-order chi connectivity index (χ1) is 12.1. The fourth-order valence-corrected chi connectivity index (χ4v) is 3.48. The molecule has 2 aliphatic heterocycles. The molecule has 0 aliphatic carbocycles. The second-order valence-electron chi connectivity index (χ2n) is 8.27. The lowest BCUT2D eigenvalue weighted by Gasteiger charge is -2.54. The summed E-state index contributed by atoms with van der Waals surface area (Å²) in [6.45, 7) is 14.2. The molecule has 2 heterocycles. The van der Waals surface area contributed by atoms with Gasteiger partial charge in [-0.2, -0.15) is 0 Å². The largest absolute Gasteiger partial charge is 0.444 e. The monoisotopic (exact) mass is 365 g/mol. The average molecular weight is 365 g/mol. The molecule has 2 saturated heterocycles. The van der Waals surface area contributed by atoms with Gasteiger partial charge < -0.3 is 19.4 Å². The highest BCUT2D eigenvalue weighted by atomic mass is 16.6. The van der Waals surface area contributed by atoms with Crippen molar-refractivity contribution in [3.05, 3.63) is 12.7 Å². The summed E-state index contributed by atoms with van der Waals surface area (Å²) in [7, 11) is 0. The van der Waals surface area contributed by atoms with Crippen LogP contribution >= 0.6 is 0 Å². The van der Waals surface area contributed by atoms with Gasteiger partial charge in [0.2, 0.25) is 11.8 Å². The SMILES string of the molecule is C=CC(=O)N(CC)CC(=O)N1CC2(CCN(C(=O)OC(C)(C)C)CC2)C1. The van der Waals surface area contributed by atoms with Gasteiger partial charge in [0.05, 0.1) is 6.54 Å². The average Bonchev–Trinajstić information content (AvgIpc) is 2.55. The third kappa shape index (κ3) is 4.77. The van der Waals surface area contributed by atoms with Crippen molar-refractivity contribution in [2.24, 2.45) is 5.41 Å². The molecule has 0 radical (unpaired) electrons. The van der Waals surface area contributed by atoms with Crippen molar-refractivity contribution in [1.82, 2.24) is 14.7 Å². The van der Waals surface area contributed by atoms with Crippen LogP contribution in [0.5, 0.6) is 0 Å². The van der Waals surface area contributed by atoms with E-state index in [0.717, 1.165) is 12.8 Å². The zero-order chi connectivity index (χ0) is 19.5. The number of nitrogens with zero attached hydrogens (tertiary/aromatic N) is 3. The number of carbonyl (C=O) groups excluding carboxylic acids is 3. The number of hydrogen-bond acceptors (Lipinski definition) is 4. The molecule has 2 fully saturated rings. The molecule has 0 saturated carbocycles. The first kappa shape index (κ1) is 20.3. The topological polar surface area (TPSA) is 70.2 Å². The number of rotatable bonds is 4. The summed E-state index contributed by atoms with van der Waals surface area (Å²) in [5, 5.41) is 0. The number of piperidine rings is 1. The van der Waals surface area contributed by atoms with Crippen LogP contribution in [-0.2, 0) is 14.3 Å². The first-order valence-corrected chi connectivity index (χ1v) is 9.26. The van der Waals surface area contributed by atoms with Crippen LogP contribution in [0.1, 0.15) is 40.5 Å².